The summed E-state index contributed by atoms with van der Waals surface area (Å²) < 4.78 is 0. The van der Waals surface area contributed by atoms with E-state index >= 15 is 0 Å². The Morgan fingerprint density at radius 1 is 1.41 bits per heavy atom. The van der Waals surface area contributed by atoms with Gasteiger partial charge in [-0.15, -0.1) is 11.6 Å². The molecule has 0 heterocycles. The number of amides is 1. The van der Waals surface area contributed by atoms with Gasteiger partial charge in [0.1, 0.15) is 0 Å². The lowest BCUT2D eigenvalue weighted by atomic mass is 10.1. The minimum Gasteiger partial charge on any atom is -0.343 e. The number of alkyl halides is 1. The van der Waals surface area contributed by atoms with Gasteiger partial charge in [0.2, 0.25) is 5.91 Å². The monoisotopic (exact) mass is 273 g/mol. The molecule has 17 heavy (non-hydrogen) atoms. The quantitative estimate of drug-likeness (QED) is 0.728. The molecular formula is C13H17Cl2NO. The molecule has 1 aromatic rings. The summed E-state index contributed by atoms with van der Waals surface area (Å²) in [5, 5.41) is 0.666. The highest BCUT2D eigenvalue weighted by molar-refractivity contribution is 6.30. The Hall–Kier alpha value is -0.730. The van der Waals surface area contributed by atoms with Gasteiger partial charge in [-0.3, -0.25) is 4.79 Å². The van der Waals surface area contributed by atoms with Crippen LogP contribution in [0.2, 0.25) is 5.02 Å². The molecule has 0 aromatic heterocycles. The van der Waals surface area contributed by atoms with Crippen LogP contribution in [-0.4, -0.2) is 29.8 Å². The third-order valence-electron chi connectivity index (χ3n) is 2.54. The number of rotatable bonds is 6. The van der Waals surface area contributed by atoms with Crippen LogP contribution in [0.15, 0.2) is 24.3 Å². The third-order valence-corrected chi connectivity index (χ3v) is 3.04. The summed E-state index contributed by atoms with van der Waals surface area (Å²) >= 11 is 11.5. The molecule has 1 amide bonds. The molecule has 0 aliphatic carbocycles. The number of hydrogen-bond acceptors (Lipinski definition) is 1. The number of likely N-dealkylation sites (N-methyl/N-ethyl adjacent to an activating group) is 1. The van der Waals surface area contributed by atoms with Gasteiger partial charge in [-0.25, -0.2) is 0 Å². The fraction of sp³-hybridized carbons (Fsp3) is 0.462. The Bertz CT molecular complexity index is 368. The molecule has 4 heteroatoms. The maximum atomic E-state index is 12.0. The Labute approximate surface area is 113 Å². The first-order valence-electron chi connectivity index (χ1n) is 5.75. The van der Waals surface area contributed by atoms with E-state index in [9.17, 15) is 4.79 Å². The smallest absolute Gasteiger partial charge is 0.226 e. The lowest BCUT2D eigenvalue weighted by Gasteiger charge is -2.20. The summed E-state index contributed by atoms with van der Waals surface area (Å²) in [6.07, 6.45) is 1.23. The topological polar surface area (TPSA) is 20.3 Å². The molecule has 0 saturated carbocycles. The second-order valence-electron chi connectivity index (χ2n) is 3.82. The average molecular weight is 274 g/mol. The van der Waals surface area contributed by atoms with Gasteiger partial charge in [0.25, 0.3) is 0 Å². The Morgan fingerprint density at radius 3 is 2.76 bits per heavy atom. The second-order valence-corrected chi connectivity index (χ2v) is 4.64. The maximum Gasteiger partial charge on any atom is 0.226 e. The van der Waals surface area contributed by atoms with E-state index in [0.29, 0.717) is 17.3 Å². The third kappa shape index (κ3) is 4.97. The van der Waals surface area contributed by atoms with Crippen molar-refractivity contribution in [2.75, 3.05) is 19.0 Å². The maximum absolute atomic E-state index is 12.0. The summed E-state index contributed by atoms with van der Waals surface area (Å²) in [4.78, 5) is 13.8. The van der Waals surface area contributed by atoms with Crippen molar-refractivity contribution in [1.29, 1.82) is 0 Å². The van der Waals surface area contributed by atoms with E-state index in [1.165, 1.54) is 0 Å². The lowest BCUT2D eigenvalue weighted by Crippen LogP contribution is -2.33. The van der Waals surface area contributed by atoms with Crippen LogP contribution in [0.25, 0.3) is 0 Å². The van der Waals surface area contributed by atoms with Crippen molar-refractivity contribution in [3.05, 3.63) is 34.9 Å². The fourth-order valence-corrected chi connectivity index (χ4v) is 1.98. The molecule has 0 fully saturated rings. The van der Waals surface area contributed by atoms with E-state index in [2.05, 4.69) is 0 Å². The lowest BCUT2D eigenvalue weighted by molar-refractivity contribution is -0.130. The van der Waals surface area contributed by atoms with Gasteiger partial charge < -0.3 is 4.90 Å². The molecule has 94 valence electrons. The molecule has 0 aliphatic heterocycles. The summed E-state index contributed by atoms with van der Waals surface area (Å²) in [6.45, 7) is 3.42. The van der Waals surface area contributed by atoms with Gasteiger partial charge in [-0.2, -0.15) is 0 Å². The number of carbonyl (C=O) groups is 1. The fourth-order valence-electron chi connectivity index (χ4n) is 1.64. The zero-order valence-corrected chi connectivity index (χ0v) is 11.5. The summed E-state index contributed by atoms with van der Waals surface area (Å²) in [5.41, 5.74) is 0.951. The van der Waals surface area contributed by atoms with Gasteiger partial charge in [-0.1, -0.05) is 23.7 Å². The highest BCUT2D eigenvalue weighted by Gasteiger charge is 2.11. The first-order valence-corrected chi connectivity index (χ1v) is 6.66. The summed E-state index contributed by atoms with van der Waals surface area (Å²) in [7, 11) is 0. The minimum atomic E-state index is 0.125. The first-order chi connectivity index (χ1) is 8.17. The summed E-state index contributed by atoms with van der Waals surface area (Å²) in [5.74, 6) is 0.709. The number of halogens is 2. The van der Waals surface area contributed by atoms with Gasteiger partial charge in [0.05, 0.1) is 6.42 Å². The zero-order chi connectivity index (χ0) is 12.7. The molecule has 0 atom stereocenters. The van der Waals surface area contributed by atoms with E-state index < -0.39 is 0 Å². The number of benzene rings is 1. The van der Waals surface area contributed by atoms with Crippen molar-refractivity contribution in [3.8, 4) is 0 Å². The molecule has 0 unspecified atom stereocenters. The van der Waals surface area contributed by atoms with E-state index in [1.54, 1.807) is 6.07 Å². The van der Waals surface area contributed by atoms with Crippen molar-refractivity contribution in [2.24, 2.45) is 0 Å². The van der Waals surface area contributed by atoms with Crippen LogP contribution in [0.3, 0.4) is 0 Å². The first kappa shape index (κ1) is 14.3. The molecule has 0 bridgehead atoms. The predicted molar refractivity (Wildman–Crippen MR) is 72.7 cm³/mol. The van der Waals surface area contributed by atoms with Crippen molar-refractivity contribution in [1.82, 2.24) is 4.90 Å². The van der Waals surface area contributed by atoms with Crippen molar-refractivity contribution in [2.45, 2.75) is 19.8 Å². The van der Waals surface area contributed by atoms with Gasteiger partial charge in [0, 0.05) is 24.0 Å². The predicted octanol–water partition coefficient (Wildman–Crippen LogP) is 3.36. The molecule has 0 radical (unpaired) electrons. The van der Waals surface area contributed by atoms with Crippen LogP contribution >= 0.6 is 23.2 Å². The van der Waals surface area contributed by atoms with Gasteiger partial charge >= 0.3 is 0 Å². The van der Waals surface area contributed by atoms with E-state index in [1.807, 2.05) is 30.0 Å². The molecule has 2 nitrogen and oxygen atoms in total. The van der Waals surface area contributed by atoms with E-state index in [-0.39, 0.29) is 5.91 Å². The number of hydrogen-bond donors (Lipinski definition) is 0. The second kappa shape index (κ2) is 7.57. The SMILES string of the molecule is CCN(CCCCl)C(=O)Cc1cccc(Cl)c1. The highest BCUT2D eigenvalue weighted by Crippen LogP contribution is 2.12. The standard InChI is InChI=1S/C13H17Cl2NO/c1-2-16(8-4-7-14)13(17)10-11-5-3-6-12(15)9-11/h3,5-6,9H,2,4,7-8,10H2,1H3. The Balaban J connectivity index is 2.57. The van der Waals surface area contributed by atoms with Crippen molar-refractivity contribution < 1.29 is 4.79 Å². The zero-order valence-electron chi connectivity index (χ0n) is 9.96. The molecule has 0 saturated heterocycles. The molecule has 1 rings (SSSR count). The Morgan fingerprint density at radius 2 is 2.18 bits per heavy atom. The highest BCUT2D eigenvalue weighted by atomic mass is 35.5. The van der Waals surface area contributed by atoms with E-state index in [4.69, 9.17) is 23.2 Å². The Kier molecular flexibility index (Phi) is 6.38. The molecular weight excluding hydrogens is 257 g/mol. The largest absolute Gasteiger partial charge is 0.343 e. The molecule has 0 aliphatic rings. The molecule has 0 N–H and O–H groups in total. The normalized spacial score (nSPS) is 10.3. The van der Waals surface area contributed by atoms with Crippen molar-refractivity contribution in [3.63, 3.8) is 0 Å². The van der Waals surface area contributed by atoms with Gasteiger partial charge in [-0.05, 0) is 31.0 Å². The van der Waals surface area contributed by atoms with Crippen LogP contribution < -0.4 is 0 Å². The van der Waals surface area contributed by atoms with Gasteiger partial charge in [0.15, 0.2) is 0 Å². The minimum absolute atomic E-state index is 0.125. The molecule has 1 aromatic carbocycles. The van der Waals surface area contributed by atoms with Crippen LogP contribution in [0.1, 0.15) is 18.9 Å². The van der Waals surface area contributed by atoms with Crippen molar-refractivity contribution >= 4 is 29.1 Å². The number of carbonyl (C=O) groups excluding carboxylic acids is 1. The van der Waals surface area contributed by atoms with Crippen LogP contribution in [0.4, 0.5) is 0 Å². The number of nitrogens with zero attached hydrogens (tertiary/aromatic N) is 1. The van der Waals surface area contributed by atoms with Crippen LogP contribution in [0.5, 0.6) is 0 Å². The van der Waals surface area contributed by atoms with Crippen LogP contribution in [-0.2, 0) is 11.2 Å². The summed E-state index contributed by atoms with van der Waals surface area (Å²) in [6, 6.07) is 7.41. The van der Waals surface area contributed by atoms with E-state index in [0.717, 1.165) is 25.1 Å². The van der Waals surface area contributed by atoms with Crippen LogP contribution in [0, 0.1) is 0 Å². The average Bonchev–Trinajstić information content (AvgIpc) is 2.30. The molecule has 0 spiro atoms.